The first-order valence-electron chi connectivity index (χ1n) is 12.3. The Balaban J connectivity index is 2.26. The van der Waals surface area contributed by atoms with Crippen LogP contribution in [0.4, 0.5) is 0 Å². The van der Waals surface area contributed by atoms with Crippen LogP contribution in [0.3, 0.4) is 0 Å². The number of aromatic hydroxyl groups is 2. The number of aryl methyl sites for hydroxylation is 2. The second kappa shape index (κ2) is 10.1. The van der Waals surface area contributed by atoms with Gasteiger partial charge in [0.2, 0.25) is 0 Å². The number of phenols is 2. The Bertz CT molecular complexity index is 1380. The molecule has 0 atom stereocenters. The van der Waals surface area contributed by atoms with Gasteiger partial charge in [0.25, 0.3) is 0 Å². The zero-order valence-corrected chi connectivity index (χ0v) is 24.2. The minimum absolute atomic E-state index is 0.0290. The normalized spacial score (nSPS) is 13.9. The molecule has 3 aromatic rings. The molecule has 0 amide bonds. The second-order valence-corrected chi connectivity index (χ2v) is 10.6. The molecular formula is C29H28Br2O6. The Labute approximate surface area is 232 Å². The third-order valence-corrected chi connectivity index (χ3v) is 8.95. The molecule has 0 spiro atoms. The largest absolute Gasteiger partial charge is 0.506 e. The molecule has 0 aromatic heterocycles. The summed E-state index contributed by atoms with van der Waals surface area (Å²) in [7, 11) is 0. The van der Waals surface area contributed by atoms with E-state index in [9.17, 15) is 24.9 Å². The number of aromatic carboxylic acids is 1. The second-order valence-electron chi connectivity index (χ2n) is 9.00. The Hall–Kier alpha value is -2.84. The summed E-state index contributed by atoms with van der Waals surface area (Å²) in [6.07, 6.45) is 2.09. The lowest BCUT2D eigenvalue weighted by molar-refractivity contribution is 0.0244. The Morgan fingerprint density at radius 3 is 1.70 bits per heavy atom. The molecule has 194 valence electrons. The van der Waals surface area contributed by atoms with Crippen LogP contribution < -0.4 is 0 Å². The van der Waals surface area contributed by atoms with Crippen LogP contribution in [0.15, 0.2) is 39.3 Å². The van der Waals surface area contributed by atoms with Crippen LogP contribution in [-0.4, -0.2) is 27.3 Å². The van der Waals surface area contributed by atoms with E-state index in [0.717, 1.165) is 11.1 Å². The van der Waals surface area contributed by atoms with E-state index in [1.807, 2.05) is 39.8 Å². The van der Waals surface area contributed by atoms with Crippen LogP contribution in [-0.2, 0) is 36.0 Å². The van der Waals surface area contributed by atoms with Gasteiger partial charge in [-0.3, -0.25) is 0 Å². The van der Waals surface area contributed by atoms with E-state index in [4.69, 9.17) is 4.74 Å². The van der Waals surface area contributed by atoms with Crippen molar-refractivity contribution in [2.45, 2.75) is 59.0 Å². The molecular weight excluding hydrogens is 604 g/mol. The number of carbonyl (C=O) groups is 2. The number of ether oxygens (including phenoxy) is 1. The molecule has 1 aliphatic rings. The third-order valence-electron chi connectivity index (χ3n) is 7.18. The van der Waals surface area contributed by atoms with E-state index in [1.165, 1.54) is 12.1 Å². The molecule has 0 fully saturated rings. The molecule has 0 bridgehead atoms. The van der Waals surface area contributed by atoms with E-state index >= 15 is 0 Å². The highest BCUT2D eigenvalue weighted by Crippen LogP contribution is 2.54. The highest BCUT2D eigenvalue weighted by atomic mass is 79.9. The highest BCUT2D eigenvalue weighted by Gasteiger charge is 2.52. The van der Waals surface area contributed by atoms with E-state index in [0.29, 0.717) is 62.4 Å². The fourth-order valence-electron chi connectivity index (χ4n) is 5.28. The van der Waals surface area contributed by atoms with Crippen molar-refractivity contribution >= 4 is 43.8 Å². The number of hydrogen-bond donors (Lipinski definition) is 3. The Kier molecular flexibility index (Phi) is 7.45. The van der Waals surface area contributed by atoms with Gasteiger partial charge in [-0.2, -0.15) is 0 Å². The van der Waals surface area contributed by atoms with Gasteiger partial charge in [-0.05, 0) is 92.9 Å². The summed E-state index contributed by atoms with van der Waals surface area (Å²) in [4.78, 5) is 25.2. The summed E-state index contributed by atoms with van der Waals surface area (Å²) in [5, 5.41) is 32.1. The number of cyclic esters (lactones) is 1. The van der Waals surface area contributed by atoms with E-state index in [1.54, 1.807) is 6.07 Å². The van der Waals surface area contributed by atoms with Crippen molar-refractivity contribution < 1.29 is 29.6 Å². The summed E-state index contributed by atoms with van der Waals surface area (Å²) < 4.78 is 7.48. The topological polar surface area (TPSA) is 104 Å². The number of esters is 1. The quantitative estimate of drug-likeness (QED) is 0.242. The van der Waals surface area contributed by atoms with Crippen molar-refractivity contribution in [1.82, 2.24) is 0 Å². The summed E-state index contributed by atoms with van der Waals surface area (Å²) in [6, 6.07) is 8.25. The third kappa shape index (κ3) is 4.05. The number of benzene rings is 3. The average Bonchev–Trinajstić information content (AvgIpc) is 3.19. The number of phenolic OH excluding ortho intramolecular Hbond substituents is 2. The predicted molar refractivity (Wildman–Crippen MR) is 148 cm³/mol. The van der Waals surface area contributed by atoms with Crippen molar-refractivity contribution in [3.05, 3.63) is 89.3 Å². The van der Waals surface area contributed by atoms with Crippen LogP contribution in [0, 0.1) is 0 Å². The van der Waals surface area contributed by atoms with Gasteiger partial charge in [-0.1, -0.05) is 33.8 Å². The number of rotatable bonds is 7. The van der Waals surface area contributed by atoms with Crippen LogP contribution in [0.5, 0.6) is 11.5 Å². The molecule has 0 aliphatic carbocycles. The van der Waals surface area contributed by atoms with Gasteiger partial charge in [-0.15, -0.1) is 0 Å². The summed E-state index contributed by atoms with van der Waals surface area (Å²) in [5.41, 5.74) is 3.08. The standard InChI is InChI=1S/C29H28Br2O6/c1-5-14-12-21(17(7-3)25(32)23(14)30)29(22-13-15(6-2)24(31)26(33)18(22)8-4)20-10-9-16(27(34)35)11-19(20)28(36)37-29/h9-13,32-33H,5-8H2,1-4H3,(H,34,35). The molecule has 0 radical (unpaired) electrons. The Morgan fingerprint density at radius 1 is 0.811 bits per heavy atom. The van der Waals surface area contributed by atoms with E-state index < -0.39 is 17.5 Å². The molecule has 37 heavy (non-hydrogen) atoms. The molecule has 3 aromatic carbocycles. The molecule has 4 rings (SSSR count). The van der Waals surface area contributed by atoms with Crippen molar-refractivity contribution in [1.29, 1.82) is 0 Å². The maximum absolute atomic E-state index is 13.5. The SMILES string of the molecule is CCc1cc(C2(c3cc(CC)c(Br)c(O)c3CC)OC(=O)c3cc(C(=O)O)ccc32)c(CC)c(O)c1Br. The van der Waals surface area contributed by atoms with Crippen LogP contribution in [0.25, 0.3) is 0 Å². The molecule has 8 heteroatoms. The van der Waals surface area contributed by atoms with Crippen molar-refractivity contribution in [2.24, 2.45) is 0 Å². The van der Waals surface area contributed by atoms with E-state index in [2.05, 4.69) is 31.9 Å². The first kappa shape index (κ1) is 27.2. The van der Waals surface area contributed by atoms with Crippen molar-refractivity contribution in [2.75, 3.05) is 0 Å². The smallest absolute Gasteiger partial charge is 0.340 e. The van der Waals surface area contributed by atoms with E-state index in [-0.39, 0.29) is 22.6 Å². The number of fused-ring (bicyclic) bond motifs is 1. The molecule has 0 saturated carbocycles. The summed E-state index contributed by atoms with van der Waals surface area (Å²) in [6.45, 7) is 7.75. The minimum atomic E-state index is -1.51. The number of hydrogen-bond acceptors (Lipinski definition) is 5. The van der Waals surface area contributed by atoms with Gasteiger partial charge in [0.15, 0.2) is 5.60 Å². The Morgan fingerprint density at radius 2 is 1.30 bits per heavy atom. The van der Waals surface area contributed by atoms with Gasteiger partial charge in [-0.25, -0.2) is 9.59 Å². The van der Waals surface area contributed by atoms with Gasteiger partial charge in [0.1, 0.15) is 11.5 Å². The summed E-state index contributed by atoms with van der Waals surface area (Å²) in [5.74, 6) is -1.68. The van der Waals surface area contributed by atoms with Gasteiger partial charge >= 0.3 is 11.9 Å². The van der Waals surface area contributed by atoms with Crippen LogP contribution in [0.1, 0.15) is 87.4 Å². The highest BCUT2D eigenvalue weighted by molar-refractivity contribution is 9.11. The first-order valence-corrected chi connectivity index (χ1v) is 13.8. The maximum atomic E-state index is 13.5. The molecule has 0 unspecified atom stereocenters. The monoisotopic (exact) mass is 630 g/mol. The molecule has 6 nitrogen and oxygen atoms in total. The lowest BCUT2D eigenvalue weighted by atomic mass is 9.74. The molecule has 3 N–H and O–H groups in total. The first-order chi connectivity index (χ1) is 17.6. The lowest BCUT2D eigenvalue weighted by Crippen LogP contribution is -2.33. The van der Waals surface area contributed by atoms with Gasteiger partial charge in [0, 0.05) is 27.8 Å². The number of carboxylic acids is 1. The lowest BCUT2D eigenvalue weighted by Gasteiger charge is -2.35. The van der Waals surface area contributed by atoms with Gasteiger partial charge < -0.3 is 20.1 Å². The zero-order chi connectivity index (χ0) is 27.2. The molecule has 0 saturated heterocycles. The summed E-state index contributed by atoms with van der Waals surface area (Å²) >= 11 is 7.04. The molecule has 1 aliphatic heterocycles. The number of carbonyl (C=O) groups excluding carboxylic acids is 1. The van der Waals surface area contributed by atoms with Crippen molar-refractivity contribution in [3.8, 4) is 11.5 Å². The van der Waals surface area contributed by atoms with Gasteiger partial charge in [0.05, 0.1) is 20.1 Å². The minimum Gasteiger partial charge on any atom is -0.506 e. The zero-order valence-electron chi connectivity index (χ0n) is 21.0. The molecule has 1 heterocycles. The predicted octanol–water partition coefficient (Wildman–Crippen LogP) is 7.03. The average molecular weight is 632 g/mol. The number of carboxylic acid groups (broad SMARTS) is 1. The fraction of sp³-hybridized carbons (Fsp3) is 0.310. The van der Waals surface area contributed by atoms with Crippen molar-refractivity contribution in [3.63, 3.8) is 0 Å². The maximum Gasteiger partial charge on any atom is 0.340 e. The van der Waals surface area contributed by atoms with Crippen LogP contribution in [0.2, 0.25) is 0 Å². The van der Waals surface area contributed by atoms with Crippen LogP contribution >= 0.6 is 31.9 Å². The fourth-order valence-corrected chi connectivity index (χ4v) is 6.55. The number of halogens is 2.